The van der Waals surface area contributed by atoms with E-state index in [0.29, 0.717) is 35.5 Å². The first-order valence-electron chi connectivity index (χ1n) is 8.46. The number of hydrogen-bond acceptors (Lipinski definition) is 9. The molecule has 0 radical (unpaired) electrons. The first-order chi connectivity index (χ1) is 13.2. The van der Waals surface area contributed by atoms with Gasteiger partial charge in [0.15, 0.2) is 11.6 Å². The van der Waals surface area contributed by atoms with E-state index in [2.05, 4.69) is 30.6 Å². The highest BCUT2D eigenvalue weighted by atomic mass is 32.2. The first kappa shape index (κ1) is 17.5. The van der Waals surface area contributed by atoms with Gasteiger partial charge >= 0.3 is 0 Å². The third kappa shape index (κ3) is 3.92. The second-order valence-corrected chi connectivity index (χ2v) is 6.94. The number of piperazine rings is 1. The van der Waals surface area contributed by atoms with Crippen LogP contribution in [0.15, 0.2) is 40.1 Å². The van der Waals surface area contributed by atoms with E-state index in [-0.39, 0.29) is 5.91 Å². The quantitative estimate of drug-likeness (QED) is 0.586. The maximum Gasteiger partial charge on any atom is 0.233 e. The molecule has 3 aromatic heterocycles. The van der Waals surface area contributed by atoms with Crippen LogP contribution in [0, 0.1) is 0 Å². The summed E-state index contributed by atoms with van der Waals surface area (Å²) in [6.07, 6.45) is 1.61. The topological polar surface area (TPSA) is 106 Å². The van der Waals surface area contributed by atoms with Gasteiger partial charge in [-0.2, -0.15) is 0 Å². The van der Waals surface area contributed by atoms with Crippen molar-refractivity contribution in [2.45, 2.75) is 5.16 Å². The Morgan fingerprint density at radius 3 is 2.63 bits per heavy atom. The van der Waals surface area contributed by atoms with E-state index in [4.69, 9.17) is 4.42 Å². The van der Waals surface area contributed by atoms with Gasteiger partial charge in [0.05, 0.1) is 12.0 Å². The molecule has 1 aliphatic heterocycles. The smallest absolute Gasteiger partial charge is 0.233 e. The van der Waals surface area contributed by atoms with Crippen molar-refractivity contribution in [2.24, 2.45) is 7.05 Å². The average molecular weight is 386 g/mol. The molecule has 0 aliphatic carbocycles. The van der Waals surface area contributed by atoms with Crippen LogP contribution in [-0.2, 0) is 11.8 Å². The van der Waals surface area contributed by atoms with Crippen LogP contribution in [0.25, 0.3) is 11.5 Å². The monoisotopic (exact) mass is 386 g/mol. The van der Waals surface area contributed by atoms with Gasteiger partial charge in [0.1, 0.15) is 5.69 Å². The number of aryl methyl sites for hydroxylation is 1. The molecule has 3 aromatic rings. The Kier molecular flexibility index (Phi) is 5.01. The summed E-state index contributed by atoms with van der Waals surface area (Å²) in [5.74, 6) is 1.91. The zero-order chi connectivity index (χ0) is 18.6. The van der Waals surface area contributed by atoms with Crippen molar-refractivity contribution < 1.29 is 9.21 Å². The summed E-state index contributed by atoms with van der Waals surface area (Å²) < 4.78 is 6.88. The molecule has 1 aliphatic rings. The van der Waals surface area contributed by atoms with Crippen molar-refractivity contribution in [2.75, 3.05) is 36.8 Å². The predicted molar refractivity (Wildman–Crippen MR) is 98.0 cm³/mol. The molecule has 0 spiro atoms. The van der Waals surface area contributed by atoms with Gasteiger partial charge < -0.3 is 14.2 Å². The lowest BCUT2D eigenvalue weighted by molar-refractivity contribution is -0.128. The molecule has 1 fully saturated rings. The number of carbonyl (C=O) groups is 1. The SMILES string of the molecule is Cn1nnnc1SCC(=O)N1CCN(c2ccc(-c3ccco3)nn2)CC1. The molecule has 1 amide bonds. The first-order valence-corrected chi connectivity index (χ1v) is 9.45. The number of furan rings is 1. The minimum absolute atomic E-state index is 0.0851. The lowest BCUT2D eigenvalue weighted by Crippen LogP contribution is -2.49. The fourth-order valence-electron chi connectivity index (χ4n) is 2.80. The third-order valence-corrected chi connectivity index (χ3v) is 5.28. The van der Waals surface area contributed by atoms with Crippen LogP contribution in [0.5, 0.6) is 0 Å². The van der Waals surface area contributed by atoms with Gasteiger partial charge in [0.25, 0.3) is 0 Å². The van der Waals surface area contributed by atoms with Crippen LogP contribution >= 0.6 is 11.8 Å². The standard InChI is InChI=1S/C16H18N8O2S/c1-22-16(19-20-21-22)27-11-15(25)24-8-6-23(7-9-24)14-5-4-12(17-18-14)13-3-2-10-26-13/h2-5,10H,6-9,11H2,1H3. The van der Waals surface area contributed by atoms with Crippen LogP contribution in [0.2, 0.25) is 0 Å². The molecule has 0 N–H and O–H groups in total. The molecule has 4 heterocycles. The van der Waals surface area contributed by atoms with E-state index in [1.165, 1.54) is 11.8 Å². The van der Waals surface area contributed by atoms with Crippen molar-refractivity contribution in [1.82, 2.24) is 35.3 Å². The Labute approximate surface area is 159 Å². The fraction of sp³-hybridized carbons (Fsp3) is 0.375. The lowest BCUT2D eigenvalue weighted by atomic mass is 10.3. The molecule has 0 bridgehead atoms. The molecule has 0 unspecified atom stereocenters. The van der Waals surface area contributed by atoms with E-state index >= 15 is 0 Å². The van der Waals surface area contributed by atoms with Crippen molar-refractivity contribution in [3.63, 3.8) is 0 Å². The number of thioether (sulfide) groups is 1. The minimum Gasteiger partial charge on any atom is -0.463 e. The number of carbonyl (C=O) groups excluding carboxylic acids is 1. The molecular weight excluding hydrogens is 368 g/mol. The molecule has 0 saturated carbocycles. The van der Waals surface area contributed by atoms with E-state index in [1.54, 1.807) is 18.0 Å². The summed E-state index contributed by atoms with van der Waals surface area (Å²) in [4.78, 5) is 16.4. The van der Waals surface area contributed by atoms with Crippen LogP contribution < -0.4 is 4.90 Å². The Balaban J connectivity index is 1.29. The maximum absolute atomic E-state index is 12.4. The molecule has 0 atom stereocenters. The number of hydrogen-bond donors (Lipinski definition) is 0. The Hall–Kier alpha value is -2.95. The van der Waals surface area contributed by atoms with Crippen molar-refractivity contribution >= 4 is 23.5 Å². The lowest BCUT2D eigenvalue weighted by Gasteiger charge is -2.35. The van der Waals surface area contributed by atoms with E-state index in [1.807, 2.05) is 29.2 Å². The zero-order valence-corrected chi connectivity index (χ0v) is 15.5. The van der Waals surface area contributed by atoms with Gasteiger partial charge in [-0.1, -0.05) is 11.8 Å². The number of amides is 1. The van der Waals surface area contributed by atoms with E-state index < -0.39 is 0 Å². The number of aromatic nitrogens is 6. The Bertz CT molecular complexity index is 888. The van der Waals surface area contributed by atoms with Crippen molar-refractivity contribution in [1.29, 1.82) is 0 Å². The summed E-state index contributed by atoms with van der Waals surface area (Å²) in [6.45, 7) is 2.74. The Morgan fingerprint density at radius 2 is 2.00 bits per heavy atom. The number of nitrogens with zero attached hydrogens (tertiary/aromatic N) is 8. The largest absolute Gasteiger partial charge is 0.463 e. The summed E-state index contributed by atoms with van der Waals surface area (Å²) in [7, 11) is 1.75. The molecule has 1 saturated heterocycles. The van der Waals surface area contributed by atoms with Crippen LogP contribution in [0.1, 0.15) is 0 Å². The van der Waals surface area contributed by atoms with Gasteiger partial charge in [-0.25, -0.2) is 4.68 Å². The molecule has 10 nitrogen and oxygen atoms in total. The number of anilines is 1. The van der Waals surface area contributed by atoms with Gasteiger partial charge in [-0.05, 0) is 34.7 Å². The average Bonchev–Trinajstić information content (AvgIpc) is 3.38. The second kappa shape index (κ2) is 7.74. The highest BCUT2D eigenvalue weighted by molar-refractivity contribution is 7.99. The summed E-state index contributed by atoms with van der Waals surface area (Å²) in [5.41, 5.74) is 0.702. The highest BCUT2D eigenvalue weighted by Gasteiger charge is 2.22. The van der Waals surface area contributed by atoms with E-state index in [0.717, 1.165) is 18.9 Å². The third-order valence-electron chi connectivity index (χ3n) is 4.29. The van der Waals surface area contributed by atoms with Crippen molar-refractivity contribution in [3.8, 4) is 11.5 Å². The molecule has 140 valence electrons. The second-order valence-electron chi connectivity index (χ2n) is 6.00. The Morgan fingerprint density at radius 1 is 1.15 bits per heavy atom. The number of tetrazole rings is 1. The van der Waals surface area contributed by atoms with Gasteiger partial charge in [0, 0.05) is 33.2 Å². The summed E-state index contributed by atoms with van der Waals surface area (Å²) in [6, 6.07) is 7.49. The van der Waals surface area contributed by atoms with Gasteiger partial charge in [-0.3, -0.25) is 4.79 Å². The zero-order valence-electron chi connectivity index (χ0n) is 14.7. The molecular formula is C16H18N8O2S. The van der Waals surface area contributed by atoms with Gasteiger partial charge in [0.2, 0.25) is 11.1 Å². The highest BCUT2D eigenvalue weighted by Crippen LogP contribution is 2.20. The normalized spacial score (nSPS) is 14.6. The van der Waals surface area contributed by atoms with E-state index in [9.17, 15) is 4.79 Å². The molecule has 11 heteroatoms. The maximum atomic E-state index is 12.4. The van der Waals surface area contributed by atoms with Crippen LogP contribution in [0.4, 0.5) is 5.82 Å². The molecule has 0 aromatic carbocycles. The van der Waals surface area contributed by atoms with Crippen LogP contribution in [0.3, 0.4) is 0 Å². The molecule has 27 heavy (non-hydrogen) atoms. The predicted octanol–water partition coefficient (Wildman–Crippen LogP) is 0.701. The van der Waals surface area contributed by atoms with Gasteiger partial charge in [-0.15, -0.1) is 15.3 Å². The number of rotatable bonds is 5. The van der Waals surface area contributed by atoms with Crippen LogP contribution in [-0.4, -0.2) is 73.1 Å². The molecule has 4 rings (SSSR count). The summed E-state index contributed by atoms with van der Waals surface area (Å²) >= 11 is 1.34. The van der Waals surface area contributed by atoms with Crippen molar-refractivity contribution in [3.05, 3.63) is 30.5 Å². The fourth-order valence-corrected chi connectivity index (χ4v) is 3.55. The minimum atomic E-state index is 0.0851. The summed E-state index contributed by atoms with van der Waals surface area (Å²) in [5, 5.41) is 20.4.